The average Bonchev–Trinajstić information content (AvgIpc) is 3.03. The molecule has 2 aromatic carbocycles. The van der Waals surface area contributed by atoms with Crippen LogP contribution in [0.5, 0.6) is 5.75 Å². The minimum Gasteiger partial charge on any atom is -0.427 e. The molecule has 45 heavy (non-hydrogen) atoms. The number of carbonyl (C=O) groups excluding carboxylic acids is 1. The molecule has 0 radical (unpaired) electrons. The molecule has 0 amide bonds. The van der Waals surface area contributed by atoms with E-state index >= 15 is 0 Å². The first-order valence-corrected chi connectivity index (χ1v) is 17.6. The normalized spacial score (nSPS) is 16.0. The molecule has 2 atom stereocenters. The molecule has 7 heteroatoms. The molecule has 1 fully saturated rings. The molecule has 1 N–H and O–H groups in total. The van der Waals surface area contributed by atoms with E-state index in [0.29, 0.717) is 12.3 Å². The lowest BCUT2D eigenvalue weighted by atomic mass is 9.88. The lowest BCUT2D eigenvalue weighted by Crippen LogP contribution is -2.43. The van der Waals surface area contributed by atoms with Gasteiger partial charge in [-0.05, 0) is 74.9 Å². The van der Waals surface area contributed by atoms with Gasteiger partial charge in [-0.1, -0.05) is 120 Å². The number of piperidine rings is 1. The summed E-state index contributed by atoms with van der Waals surface area (Å²) in [7, 11) is 0. The number of benzene rings is 2. The number of esters is 1. The van der Waals surface area contributed by atoms with Gasteiger partial charge in [0.25, 0.3) is 0 Å². The van der Waals surface area contributed by atoms with Gasteiger partial charge < -0.3 is 9.84 Å². The second kappa shape index (κ2) is 20.0. The van der Waals surface area contributed by atoms with Crippen LogP contribution >= 0.6 is 0 Å². The minimum absolute atomic E-state index is 0.132. The van der Waals surface area contributed by atoms with Crippen molar-refractivity contribution >= 4 is 5.97 Å². The molecular weight excluding hydrogens is 575 g/mol. The highest BCUT2D eigenvalue weighted by molar-refractivity contribution is 5.72. The molecule has 0 aromatic heterocycles. The molecule has 1 saturated heterocycles. The van der Waals surface area contributed by atoms with Crippen molar-refractivity contribution in [3.63, 3.8) is 0 Å². The molecule has 1 aliphatic heterocycles. The van der Waals surface area contributed by atoms with E-state index in [9.17, 15) is 23.1 Å². The van der Waals surface area contributed by atoms with Gasteiger partial charge in [-0.25, -0.2) is 0 Å². The number of nitrogens with zero attached hydrogens (tertiary/aromatic N) is 1. The zero-order valence-electron chi connectivity index (χ0n) is 27.6. The maximum atomic E-state index is 14.1. The Balaban J connectivity index is 1.40. The van der Waals surface area contributed by atoms with Gasteiger partial charge in [0.2, 0.25) is 0 Å². The van der Waals surface area contributed by atoms with Crippen molar-refractivity contribution in [2.45, 2.75) is 141 Å². The molecule has 3 rings (SSSR count). The van der Waals surface area contributed by atoms with Gasteiger partial charge in [-0.15, -0.1) is 0 Å². The number of rotatable bonds is 20. The first-order chi connectivity index (χ1) is 21.7. The van der Waals surface area contributed by atoms with E-state index in [2.05, 4.69) is 24.0 Å². The highest BCUT2D eigenvalue weighted by atomic mass is 19.4. The van der Waals surface area contributed by atoms with E-state index in [4.69, 9.17) is 4.74 Å². The predicted molar refractivity (Wildman–Crippen MR) is 176 cm³/mol. The van der Waals surface area contributed by atoms with Crippen LogP contribution in [0.15, 0.2) is 48.5 Å². The summed E-state index contributed by atoms with van der Waals surface area (Å²) in [6.45, 7) is 5.48. The highest BCUT2D eigenvalue weighted by Crippen LogP contribution is 2.39. The van der Waals surface area contributed by atoms with Crippen molar-refractivity contribution in [2.75, 3.05) is 13.1 Å². The van der Waals surface area contributed by atoms with E-state index in [1.165, 1.54) is 75.5 Å². The monoisotopic (exact) mass is 631 g/mol. The van der Waals surface area contributed by atoms with E-state index < -0.39 is 29.9 Å². The Morgan fingerprint density at radius 1 is 0.867 bits per heavy atom. The average molecular weight is 632 g/mol. The Morgan fingerprint density at radius 2 is 1.42 bits per heavy atom. The van der Waals surface area contributed by atoms with E-state index in [-0.39, 0.29) is 17.7 Å². The SMILES string of the molecule is CCCCCCCCCCCCCCCC(=O)Oc1ccc(C(O)C(C)N2CCC(Cc3ccccc3)CC2)c(C(F)(F)F)c1. The van der Waals surface area contributed by atoms with E-state index in [1.807, 2.05) is 18.2 Å². The summed E-state index contributed by atoms with van der Waals surface area (Å²) in [5.74, 6) is -0.133. The molecule has 0 saturated carbocycles. The molecule has 2 unspecified atom stereocenters. The quantitative estimate of drug-likeness (QED) is 0.0897. The van der Waals surface area contributed by atoms with Crippen LogP contribution in [0, 0.1) is 5.92 Å². The van der Waals surface area contributed by atoms with Crippen LogP contribution in [0.1, 0.15) is 139 Å². The van der Waals surface area contributed by atoms with Gasteiger partial charge in [0.1, 0.15) is 5.75 Å². The topological polar surface area (TPSA) is 49.8 Å². The lowest BCUT2D eigenvalue weighted by molar-refractivity contribution is -0.140. The number of aliphatic hydroxyl groups excluding tert-OH is 1. The highest BCUT2D eigenvalue weighted by Gasteiger charge is 2.38. The third-order valence-corrected chi connectivity index (χ3v) is 9.41. The van der Waals surface area contributed by atoms with Crippen LogP contribution < -0.4 is 4.74 Å². The Hall–Kier alpha value is -2.38. The molecule has 0 spiro atoms. The maximum Gasteiger partial charge on any atom is 0.416 e. The number of hydrogen-bond donors (Lipinski definition) is 1. The lowest BCUT2D eigenvalue weighted by Gasteiger charge is -2.38. The van der Waals surface area contributed by atoms with Gasteiger partial charge in [-0.2, -0.15) is 13.2 Å². The number of hydrogen-bond acceptors (Lipinski definition) is 4. The van der Waals surface area contributed by atoms with Gasteiger partial charge in [0.15, 0.2) is 0 Å². The number of ether oxygens (including phenoxy) is 1. The number of likely N-dealkylation sites (tertiary alicyclic amines) is 1. The maximum absolute atomic E-state index is 14.1. The van der Waals surface area contributed by atoms with Crippen LogP contribution in [0.2, 0.25) is 0 Å². The van der Waals surface area contributed by atoms with Crippen LogP contribution in [0.4, 0.5) is 13.2 Å². The number of alkyl halides is 3. The zero-order valence-corrected chi connectivity index (χ0v) is 27.6. The third kappa shape index (κ3) is 13.5. The molecule has 0 aliphatic carbocycles. The number of carbonyl (C=O) groups is 1. The predicted octanol–water partition coefficient (Wildman–Crippen LogP) is 10.5. The fourth-order valence-electron chi connectivity index (χ4n) is 6.54. The van der Waals surface area contributed by atoms with Crippen molar-refractivity contribution in [1.82, 2.24) is 4.90 Å². The Kier molecular flexibility index (Phi) is 16.5. The summed E-state index contributed by atoms with van der Waals surface area (Å²) < 4.78 is 47.6. The van der Waals surface area contributed by atoms with Crippen molar-refractivity contribution < 1.29 is 27.8 Å². The number of halogens is 3. The Bertz CT molecular complexity index is 1100. The summed E-state index contributed by atoms with van der Waals surface area (Å²) in [5, 5.41) is 11.1. The largest absolute Gasteiger partial charge is 0.427 e. The van der Waals surface area contributed by atoms with Crippen LogP contribution in [-0.4, -0.2) is 35.1 Å². The minimum atomic E-state index is -4.68. The first-order valence-electron chi connectivity index (χ1n) is 17.6. The summed E-state index contributed by atoms with van der Waals surface area (Å²) >= 11 is 0. The van der Waals surface area contributed by atoms with Crippen molar-refractivity contribution in [3.05, 3.63) is 65.2 Å². The molecular formula is C38H56F3NO3. The fraction of sp³-hybridized carbons (Fsp3) is 0.658. The number of aliphatic hydroxyl groups is 1. The summed E-state index contributed by atoms with van der Waals surface area (Å²) in [4.78, 5) is 14.5. The molecule has 4 nitrogen and oxygen atoms in total. The summed E-state index contributed by atoms with van der Waals surface area (Å²) in [6.07, 6.45) is 12.6. The van der Waals surface area contributed by atoms with Crippen molar-refractivity contribution in [2.24, 2.45) is 5.92 Å². The van der Waals surface area contributed by atoms with Gasteiger partial charge in [0, 0.05) is 12.5 Å². The first kappa shape index (κ1) is 37.1. The third-order valence-electron chi connectivity index (χ3n) is 9.41. The van der Waals surface area contributed by atoms with Crippen LogP contribution in [0.3, 0.4) is 0 Å². The molecule has 1 aliphatic rings. The molecule has 0 bridgehead atoms. The zero-order chi connectivity index (χ0) is 32.5. The second-order valence-electron chi connectivity index (χ2n) is 13.1. The summed E-state index contributed by atoms with van der Waals surface area (Å²) in [5.41, 5.74) is 0.161. The fourth-order valence-corrected chi connectivity index (χ4v) is 6.54. The van der Waals surface area contributed by atoms with Gasteiger partial charge >= 0.3 is 12.1 Å². The van der Waals surface area contributed by atoms with Gasteiger partial charge in [-0.3, -0.25) is 9.69 Å². The standard InChI is InChI=1S/C38H56F3NO3/c1-3-4-5-6-7-8-9-10-11-12-13-14-18-21-36(43)45-33-22-23-34(35(29-33)38(39,40)41)37(44)30(2)42-26-24-32(25-27-42)28-31-19-16-15-17-20-31/h15-17,19-20,22-23,29-30,32,37,44H,3-14,18,21,24-28H2,1-2H3. The van der Waals surface area contributed by atoms with Crippen molar-refractivity contribution in [1.29, 1.82) is 0 Å². The van der Waals surface area contributed by atoms with Crippen molar-refractivity contribution in [3.8, 4) is 5.75 Å². The van der Waals surface area contributed by atoms with Gasteiger partial charge in [0.05, 0.1) is 11.7 Å². The molecule has 2 aromatic rings. The second-order valence-corrected chi connectivity index (χ2v) is 13.1. The number of unbranched alkanes of at least 4 members (excludes halogenated alkanes) is 12. The van der Waals surface area contributed by atoms with E-state index in [1.54, 1.807) is 6.92 Å². The summed E-state index contributed by atoms with van der Waals surface area (Å²) in [6, 6.07) is 13.3. The molecule has 252 valence electrons. The van der Waals surface area contributed by atoms with Crippen LogP contribution in [0.25, 0.3) is 0 Å². The smallest absolute Gasteiger partial charge is 0.416 e. The van der Waals surface area contributed by atoms with E-state index in [0.717, 1.165) is 57.7 Å². The Morgan fingerprint density at radius 3 is 1.98 bits per heavy atom. The molecule has 1 heterocycles. The Labute approximate surface area is 269 Å². The van der Waals surface area contributed by atoms with Crippen LogP contribution in [-0.2, 0) is 17.4 Å².